The van der Waals surface area contributed by atoms with Crippen molar-refractivity contribution in [2.45, 2.75) is 58.0 Å². The molecule has 13 heteroatoms. The average Bonchev–Trinajstić information content (AvgIpc) is 3.47. The van der Waals surface area contributed by atoms with Gasteiger partial charge in [0.25, 0.3) is 5.91 Å². The monoisotopic (exact) mass is 694 g/mol. The minimum atomic E-state index is -2.82. The van der Waals surface area contributed by atoms with E-state index in [-0.39, 0.29) is 43.1 Å². The highest BCUT2D eigenvalue weighted by molar-refractivity contribution is 6.24. The maximum Gasteiger partial charge on any atom is 0.255 e. The van der Waals surface area contributed by atoms with Gasteiger partial charge in [0, 0.05) is 42.5 Å². The summed E-state index contributed by atoms with van der Waals surface area (Å²) in [5.74, 6) is -7.53. The number of hydrogen-bond donors (Lipinski definition) is 5. The Kier molecular flexibility index (Phi) is 8.98. The first kappa shape index (κ1) is 35.3. The molecule has 0 bridgehead atoms. The largest absolute Gasteiger partial charge is 0.508 e. The van der Waals surface area contributed by atoms with Crippen LogP contribution in [-0.2, 0) is 40.4 Å². The number of anilines is 1. The highest BCUT2D eigenvalue weighted by Crippen LogP contribution is 2.55. The lowest BCUT2D eigenvalue weighted by atomic mass is 9.57. The standard InChI is InChI=1S/C38H42N6O7/c1-19(2)43(17-40-5)31-24(16-42-14-21-9-7-8-10-22(21)15-42)13-27(45)29-25(31)11-23-12-26-32(44(18-41-6)20(3)4)34(47)30(37(39)50)36(49)38(26,51)35(48)28(23)33(29)46/h7-10,13,23,26,32,45-46,49,51H,1,3,5-6,11-12,14-18H2,2,4H3,(H2,39,50)/t23-,26-,32-,38-/m0/s1. The van der Waals surface area contributed by atoms with E-state index in [4.69, 9.17) is 5.73 Å². The van der Waals surface area contributed by atoms with Gasteiger partial charge in [0.2, 0.25) is 5.78 Å². The molecule has 3 aliphatic carbocycles. The number of phenols is 1. The number of ketones is 2. The molecule has 0 unspecified atom stereocenters. The van der Waals surface area contributed by atoms with Gasteiger partial charge in [-0.2, -0.15) is 0 Å². The number of rotatable bonds is 11. The van der Waals surface area contributed by atoms with Crippen molar-refractivity contribution in [2.24, 2.45) is 27.6 Å². The zero-order valence-electron chi connectivity index (χ0n) is 28.7. The zero-order valence-corrected chi connectivity index (χ0v) is 28.7. The fourth-order valence-corrected chi connectivity index (χ4v) is 8.38. The van der Waals surface area contributed by atoms with Crippen LogP contribution in [0.2, 0.25) is 0 Å². The smallest absolute Gasteiger partial charge is 0.255 e. The second-order valence-electron chi connectivity index (χ2n) is 13.8. The summed E-state index contributed by atoms with van der Waals surface area (Å²) in [6, 6.07) is 8.30. The fourth-order valence-electron chi connectivity index (χ4n) is 8.38. The molecule has 0 spiro atoms. The molecule has 51 heavy (non-hydrogen) atoms. The number of aromatic hydroxyl groups is 1. The van der Waals surface area contributed by atoms with E-state index in [0.717, 1.165) is 5.56 Å². The lowest BCUT2D eigenvalue weighted by Crippen LogP contribution is -2.66. The Labute approximate surface area is 295 Å². The van der Waals surface area contributed by atoms with Gasteiger partial charge in [0.05, 0.1) is 11.3 Å². The molecule has 4 aliphatic rings. The van der Waals surface area contributed by atoms with Gasteiger partial charge in [-0.1, -0.05) is 37.4 Å². The zero-order chi connectivity index (χ0) is 37.1. The second-order valence-corrected chi connectivity index (χ2v) is 13.8. The highest BCUT2D eigenvalue weighted by atomic mass is 16.3. The third-order valence-electron chi connectivity index (χ3n) is 10.6. The Hall–Kier alpha value is -5.53. The second kappa shape index (κ2) is 13.0. The average molecular weight is 695 g/mol. The Morgan fingerprint density at radius 1 is 1.04 bits per heavy atom. The van der Waals surface area contributed by atoms with Crippen LogP contribution < -0.4 is 10.6 Å². The van der Waals surface area contributed by atoms with E-state index in [2.05, 4.69) is 53.6 Å². The number of carbonyl (C=O) groups excluding carboxylic acids is 3. The summed E-state index contributed by atoms with van der Waals surface area (Å²) in [6.45, 7) is 20.4. The first-order valence-corrected chi connectivity index (χ1v) is 16.5. The number of primary amides is 1. The molecular weight excluding hydrogens is 652 g/mol. The van der Waals surface area contributed by atoms with E-state index in [0.29, 0.717) is 42.3 Å². The Morgan fingerprint density at radius 3 is 2.22 bits per heavy atom. The molecule has 1 fully saturated rings. The van der Waals surface area contributed by atoms with Gasteiger partial charge >= 0.3 is 0 Å². The Balaban J connectivity index is 1.54. The molecule has 2 aromatic rings. The number of phenolic OH excluding ortho intramolecular Hbond substituents is 1. The fraction of sp³-hybridized carbons (Fsp3) is 0.342. The number of aliphatic hydroxyl groups excluding tert-OH is 2. The molecule has 1 amide bonds. The lowest BCUT2D eigenvalue weighted by molar-refractivity contribution is -0.154. The maximum absolute atomic E-state index is 14.5. The first-order chi connectivity index (χ1) is 24.2. The number of fused-ring (bicyclic) bond motifs is 4. The van der Waals surface area contributed by atoms with Gasteiger partial charge in [0.15, 0.2) is 11.4 Å². The van der Waals surface area contributed by atoms with Crippen LogP contribution in [0.5, 0.6) is 5.75 Å². The van der Waals surface area contributed by atoms with E-state index < -0.39 is 58.0 Å². The van der Waals surface area contributed by atoms with Gasteiger partial charge in [-0.05, 0) is 74.4 Å². The van der Waals surface area contributed by atoms with Gasteiger partial charge in [-0.15, -0.1) is 0 Å². The molecule has 0 aromatic heterocycles. The number of Topliss-reactive ketones (excluding diaryl/α,β-unsaturated/α-hetero) is 2. The van der Waals surface area contributed by atoms with Crippen molar-refractivity contribution >= 4 is 42.4 Å². The number of hydrogen-bond acceptors (Lipinski definition) is 12. The van der Waals surface area contributed by atoms with E-state index >= 15 is 0 Å². The number of nitrogens with two attached hydrogens (primary N) is 1. The van der Waals surface area contributed by atoms with Crippen LogP contribution in [0.25, 0.3) is 5.76 Å². The molecule has 0 radical (unpaired) electrons. The molecule has 0 saturated heterocycles. The quantitative estimate of drug-likeness (QED) is 0.172. The van der Waals surface area contributed by atoms with Gasteiger partial charge < -0.3 is 36.0 Å². The van der Waals surface area contributed by atoms with Crippen molar-refractivity contribution in [3.8, 4) is 5.75 Å². The number of amides is 1. The minimum Gasteiger partial charge on any atom is -0.508 e. The SMILES string of the molecule is C=NCN(C(=C)C)c1c(CN2Cc3ccccc3C2)cc(O)c2c1C[C@H]1C[C@H]3[C@H](N(CN=C)C(=C)C)C(=O)C(C(N)=O)=C(O)[C@@]3(O)C(=O)C1=C2O. The molecule has 1 heterocycles. The van der Waals surface area contributed by atoms with Crippen LogP contribution >= 0.6 is 0 Å². The Bertz CT molecular complexity index is 1970. The first-order valence-electron chi connectivity index (χ1n) is 16.5. The van der Waals surface area contributed by atoms with Gasteiger partial charge in [0.1, 0.15) is 42.2 Å². The van der Waals surface area contributed by atoms with Crippen molar-refractivity contribution in [1.82, 2.24) is 9.80 Å². The summed E-state index contributed by atoms with van der Waals surface area (Å²) in [5, 5.41) is 47.0. The number of carbonyl (C=O) groups is 3. The predicted molar refractivity (Wildman–Crippen MR) is 193 cm³/mol. The summed E-state index contributed by atoms with van der Waals surface area (Å²) in [7, 11) is 0. The summed E-state index contributed by atoms with van der Waals surface area (Å²) in [6.07, 6.45) is -0.0150. The minimum absolute atomic E-state index is 0.0168. The summed E-state index contributed by atoms with van der Waals surface area (Å²) < 4.78 is 0. The molecule has 6 N–H and O–H groups in total. The summed E-state index contributed by atoms with van der Waals surface area (Å²) in [4.78, 5) is 54.5. The van der Waals surface area contributed by atoms with E-state index in [1.54, 1.807) is 19.9 Å². The van der Waals surface area contributed by atoms with Crippen molar-refractivity contribution in [3.05, 3.63) is 99.6 Å². The molecule has 6 rings (SSSR count). The van der Waals surface area contributed by atoms with Crippen molar-refractivity contribution < 1.29 is 34.8 Å². The van der Waals surface area contributed by atoms with Crippen LogP contribution in [0.15, 0.2) is 81.8 Å². The molecule has 13 nitrogen and oxygen atoms in total. The van der Waals surface area contributed by atoms with E-state index in [1.165, 1.54) is 16.0 Å². The third kappa shape index (κ3) is 5.44. The van der Waals surface area contributed by atoms with E-state index in [1.807, 2.05) is 17.0 Å². The summed E-state index contributed by atoms with van der Waals surface area (Å²) in [5.41, 5.74) is 6.72. The third-order valence-corrected chi connectivity index (χ3v) is 10.6. The normalized spacial score (nSPS) is 23.9. The number of benzene rings is 2. The molecule has 1 saturated carbocycles. The molecular formula is C38H42N6O7. The summed E-state index contributed by atoms with van der Waals surface area (Å²) >= 11 is 0. The van der Waals surface area contributed by atoms with E-state index in [9.17, 15) is 34.8 Å². The van der Waals surface area contributed by atoms with Crippen LogP contribution in [0.4, 0.5) is 5.69 Å². The van der Waals surface area contributed by atoms with Crippen LogP contribution in [0.1, 0.15) is 48.1 Å². The topological polar surface area (TPSA) is 193 Å². The predicted octanol–water partition coefficient (Wildman–Crippen LogP) is 3.41. The Morgan fingerprint density at radius 2 is 1.67 bits per heavy atom. The number of nitrogens with zero attached hydrogens (tertiary/aromatic N) is 5. The molecule has 266 valence electrons. The van der Waals surface area contributed by atoms with Crippen molar-refractivity contribution in [1.29, 1.82) is 0 Å². The highest BCUT2D eigenvalue weighted by Gasteiger charge is 2.65. The maximum atomic E-state index is 14.5. The van der Waals surface area contributed by atoms with Crippen molar-refractivity contribution in [2.75, 3.05) is 18.2 Å². The molecule has 1 aliphatic heterocycles. The molecule has 2 aromatic carbocycles. The lowest BCUT2D eigenvalue weighted by Gasteiger charge is -2.51. The van der Waals surface area contributed by atoms with Crippen molar-refractivity contribution in [3.63, 3.8) is 0 Å². The number of aliphatic hydroxyl groups is 3. The van der Waals surface area contributed by atoms with Crippen LogP contribution in [0, 0.1) is 11.8 Å². The number of aliphatic imine (C=N–C) groups is 2. The number of allylic oxidation sites excluding steroid dienone is 2. The van der Waals surface area contributed by atoms with Gasteiger partial charge in [-0.25, -0.2) is 0 Å². The van der Waals surface area contributed by atoms with Crippen LogP contribution in [-0.4, -0.2) is 86.1 Å². The molecule has 4 atom stereocenters. The van der Waals surface area contributed by atoms with Crippen LogP contribution in [0.3, 0.4) is 0 Å². The van der Waals surface area contributed by atoms with Gasteiger partial charge in [-0.3, -0.25) is 29.3 Å².